The fourth-order valence-electron chi connectivity index (χ4n) is 3.75. The number of morpholine rings is 1. The van der Waals surface area contributed by atoms with Crippen molar-refractivity contribution in [1.29, 1.82) is 0 Å². The van der Waals surface area contributed by atoms with E-state index in [1.165, 1.54) is 17.0 Å². The number of ether oxygens (including phenoxy) is 2. The van der Waals surface area contributed by atoms with Crippen molar-refractivity contribution in [2.75, 3.05) is 37.7 Å². The molecule has 0 saturated carbocycles. The van der Waals surface area contributed by atoms with Crippen LogP contribution in [0.1, 0.15) is 16.2 Å². The number of halogens is 3. The first-order valence-electron chi connectivity index (χ1n) is 9.65. The van der Waals surface area contributed by atoms with Gasteiger partial charge in [-0.15, -0.1) is 0 Å². The zero-order valence-corrected chi connectivity index (χ0v) is 16.7. The molecule has 1 aromatic carbocycles. The molecule has 0 radical (unpaired) electrons. The number of benzene rings is 1. The number of alkyl halides is 2. The molecular weight excluding hydrogens is 415 g/mol. The Morgan fingerprint density at radius 3 is 2.58 bits per heavy atom. The first kappa shape index (κ1) is 21.3. The summed E-state index contributed by atoms with van der Waals surface area (Å²) in [6.07, 6.45) is -4.14. The maximum atomic E-state index is 14.6. The summed E-state index contributed by atoms with van der Waals surface area (Å²) < 4.78 is 53.0. The van der Waals surface area contributed by atoms with Crippen LogP contribution in [0.4, 0.5) is 18.9 Å². The van der Waals surface area contributed by atoms with Gasteiger partial charge in [-0.05, 0) is 43.3 Å². The lowest BCUT2D eigenvalue weighted by molar-refractivity contribution is -0.293. The van der Waals surface area contributed by atoms with Crippen molar-refractivity contribution < 1.29 is 32.2 Å². The van der Waals surface area contributed by atoms with Crippen molar-refractivity contribution in [3.05, 3.63) is 59.7 Å². The number of rotatable bonds is 2. The molecule has 1 spiro atoms. The van der Waals surface area contributed by atoms with E-state index in [4.69, 9.17) is 9.47 Å². The van der Waals surface area contributed by atoms with Crippen LogP contribution in [0.2, 0.25) is 0 Å². The number of pyridine rings is 1. The van der Waals surface area contributed by atoms with Gasteiger partial charge in [0.05, 0.1) is 26.3 Å². The summed E-state index contributed by atoms with van der Waals surface area (Å²) in [5.74, 6) is -2.58. The van der Waals surface area contributed by atoms with Crippen molar-refractivity contribution >= 4 is 17.5 Å². The number of anilines is 1. The molecule has 2 amide bonds. The minimum Gasteiger partial charge on any atom is -0.376 e. The quantitative estimate of drug-likeness (QED) is 0.725. The van der Waals surface area contributed by atoms with Gasteiger partial charge in [0.25, 0.3) is 5.91 Å². The molecule has 1 atom stereocenters. The molecule has 2 saturated heterocycles. The Hall–Kier alpha value is -2.98. The van der Waals surface area contributed by atoms with E-state index in [9.17, 15) is 22.8 Å². The van der Waals surface area contributed by atoms with Crippen LogP contribution in [0.5, 0.6) is 0 Å². The second-order valence-electron chi connectivity index (χ2n) is 7.61. The van der Waals surface area contributed by atoms with Gasteiger partial charge in [-0.1, -0.05) is 6.07 Å². The summed E-state index contributed by atoms with van der Waals surface area (Å²) in [5, 5.41) is 0. The lowest BCUT2D eigenvalue weighted by atomic mass is 10.00. The van der Waals surface area contributed by atoms with E-state index in [1.807, 2.05) is 0 Å². The van der Waals surface area contributed by atoms with E-state index in [1.54, 1.807) is 25.1 Å². The Kier molecular flexibility index (Phi) is 5.44. The predicted octanol–water partition coefficient (Wildman–Crippen LogP) is 2.40. The van der Waals surface area contributed by atoms with Crippen molar-refractivity contribution in [1.82, 2.24) is 9.88 Å². The fourth-order valence-corrected chi connectivity index (χ4v) is 3.75. The SMILES string of the molecule is Cc1cccc(C(=O)N2CCOCC3(C2)CN(c2ccc(F)cc2)C(=O)C(F)(F)O3)n1. The van der Waals surface area contributed by atoms with E-state index in [2.05, 4.69) is 4.98 Å². The summed E-state index contributed by atoms with van der Waals surface area (Å²) in [5.41, 5.74) is -0.774. The molecule has 2 aromatic rings. The topological polar surface area (TPSA) is 72.0 Å². The highest BCUT2D eigenvalue weighted by Crippen LogP contribution is 2.37. The molecule has 2 aliphatic rings. The number of nitrogens with zero attached hydrogens (tertiary/aromatic N) is 3. The van der Waals surface area contributed by atoms with Crippen LogP contribution < -0.4 is 4.90 Å². The highest BCUT2D eigenvalue weighted by Gasteiger charge is 2.58. The molecule has 3 heterocycles. The van der Waals surface area contributed by atoms with Gasteiger partial charge in [0.2, 0.25) is 0 Å². The third-order valence-corrected chi connectivity index (χ3v) is 5.17. The highest BCUT2D eigenvalue weighted by atomic mass is 19.3. The van der Waals surface area contributed by atoms with Gasteiger partial charge in [-0.3, -0.25) is 14.3 Å². The van der Waals surface area contributed by atoms with Gasteiger partial charge in [-0.25, -0.2) is 9.37 Å². The van der Waals surface area contributed by atoms with E-state index in [0.717, 1.165) is 17.0 Å². The Labute approximate surface area is 176 Å². The molecule has 1 unspecified atom stereocenters. The maximum absolute atomic E-state index is 14.6. The summed E-state index contributed by atoms with van der Waals surface area (Å²) >= 11 is 0. The molecule has 2 aliphatic heterocycles. The number of aryl methyl sites for hydroxylation is 1. The summed E-state index contributed by atoms with van der Waals surface area (Å²) in [7, 11) is 0. The summed E-state index contributed by atoms with van der Waals surface area (Å²) in [6.45, 7) is 1.22. The van der Waals surface area contributed by atoms with Crippen LogP contribution in [0.3, 0.4) is 0 Å². The van der Waals surface area contributed by atoms with E-state index < -0.39 is 29.3 Å². The average Bonchev–Trinajstić information content (AvgIpc) is 2.93. The molecular formula is C21H20F3N3O4. The zero-order chi connectivity index (χ0) is 22.2. The average molecular weight is 435 g/mol. The van der Waals surface area contributed by atoms with Crippen molar-refractivity contribution in [3.8, 4) is 0 Å². The Balaban J connectivity index is 1.65. The second kappa shape index (κ2) is 7.93. The van der Waals surface area contributed by atoms with Crippen molar-refractivity contribution in [2.24, 2.45) is 0 Å². The van der Waals surface area contributed by atoms with Gasteiger partial charge in [0.15, 0.2) is 0 Å². The standard InChI is InChI=1S/C21H20F3N3O4/c1-14-3-2-4-17(25-14)18(28)26-9-10-30-13-20(11-26)12-27(19(29)21(23,24)31-20)16-7-5-15(22)6-8-16/h2-8H,9-13H2,1H3. The van der Waals surface area contributed by atoms with Crippen LogP contribution in [-0.4, -0.2) is 66.3 Å². The molecule has 4 rings (SSSR count). The van der Waals surface area contributed by atoms with E-state index in [0.29, 0.717) is 5.69 Å². The number of carbonyl (C=O) groups is 2. The number of carbonyl (C=O) groups excluding carboxylic acids is 2. The zero-order valence-electron chi connectivity index (χ0n) is 16.7. The van der Waals surface area contributed by atoms with Crippen LogP contribution in [0.25, 0.3) is 0 Å². The lowest BCUT2D eigenvalue weighted by Gasteiger charge is -2.45. The second-order valence-corrected chi connectivity index (χ2v) is 7.61. The molecule has 7 nitrogen and oxygen atoms in total. The van der Waals surface area contributed by atoms with Gasteiger partial charge in [0.1, 0.15) is 17.1 Å². The number of hydrogen-bond donors (Lipinski definition) is 0. The maximum Gasteiger partial charge on any atom is 0.437 e. The lowest BCUT2D eigenvalue weighted by Crippen LogP contribution is -2.66. The van der Waals surface area contributed by atoms with Crippen molar-refractivity contribution in [2.45, 2.75) is 18.6 Å². The van der Waals surface area contributed by atoms with Gasteiger partial charge < -0.3 is 14.5 Å². The van der Waals surface area contributed by atoms with Crippen LogP contribution in [0.15, 0.2) is 42.5 Å². The summed E-state index contributed by atoms with van der Waals surface area (Å²) in [4.78, 5) is 31.7. The third-order valence-electron chi connectivity index (χ3n) is 5.17. The van der Waals surface area contributed by atoms with Crippen LogP contribution in [0, 0.1) is 12.7 Å². The highest BCUT2D eigenvalue weighted by molar-refractivity contribution is 5.98. The molecule has 0 N–H and O–H groups in total. The number of hydrogen-bond acceptors (Lipinski definition) is 5. The van der Waals surface area contributed by atoms with Gasteiger partial charge in [-0.2, -0.15) is 8.78 Å². The van der Waals surface area contributed by atoms with E-state index in [-0.39, 0.29) is 44.2 Å². The third kappa shape index (κ3) is 4.26. The predicted molar refractivity (Wildman–Crippen MR) is 103 cm³/mol. The molecule has 0 bridgehead atoms. The number of amides is 2. The smallest absolute Gasteiger partial charge is 0.376 e. The Morgan fingerprint density at radius 2 is 1.87 bits per heavy atom. The normalized spacial score (nSPS) is 23.7. The molecule has 1 aromatic heterocycles. The molecule has 2 fully saturated rings. The minimum absolute atomic E-state index is 0.0937. The molecule has 31 heavy (non-hydrogen) atoms. The fraction of sp³-hybridized carbons (Fsp3) is 0.381. The number of aromatic nitrogens is 1. The van der Waals surface area contributed by atoms with Crippen LogP contribution in [-0.2, 0) is 14.3 Å². The van der Waals surface area contributed by atoms with Gasteiger partial charge >= 0.3 is 12.0 Å². The molecule has 0 aliphatic carbocycles. The van der Waals surface area contributed by atoms with Gasteiger partial charge in [0, 0.05) is 17.9 Å². The Bertz CT molecular complexity index is 1000. The minimum atomic E-state index is -4.14. The summed E-state index contributed by atoms with van der Waals surface area (Å²) in [6, 6.07) is 9.58. The molecule has 164 valence electrons. The first-order chi connectivity index (χ1) is 14.7. The molecule has 10 heteroatoms. The largest absolute Gasteiger partial charge is 0.437 e. The van der Waals surface area contributed by atoms with Crippen LogP contribution >= 0.6 is 0 Å². The van der Waals surface area contributed by atoms with E-state index >= 15 is 0 Å². The van der Waals surface area contributed by atoms with Crippen molar-refractivity contribution in [3.63, 3.8) is 0 Å². The first-order valence-corrected chi connectivity index (χ1v) is 9.65. The Morgan fingerprint density at radius 1 is 1.13 bits per heavy atom. The monoisotopic (exact) mass is 435 g/mol.